The number of carbonyl (C=O) groups is 1. The molecular formula is C15H20FN3O2. The Balaban J connectivity index is 2.64. The second-order valence-electron chi connectivity index (χ2n) is 4.44. The third-order valence-electron chi connectivity index (χ3n) is 2.74. The van der Waals surface area contributed by atoms with Crippen molar-refractivity contribution < 1.29 is 13.9 Å². The topological polar surface area (TPSA) is 54.8 Å². The summed E-state index contributed by atoms with van der Waals surface area (Å²) in [5.74, 6) is -0.710. The van der Waals surface area contributed by atoms with Crippen molar-refractivity contribution >= 4 is 17.4 Å². The maximum atomic E-state index is 13.6. The summed E-state index contributed by atoms with van der Waals surface area (Å²) in [5.41, 5.74) is 1.23. The number of esters is 1. The van der Waals surface area contributed by atoms with Crippen molar-refractivity contribution in [3.63, 3.8) is 0 Å². The Morgan fingerprint density at radius 2 is 2.24 bits per heavy atom. The van der Waals surface area contributed by atoms with E-state index in [2.05, 4.69) is 16.7 Å². The van der Waals surface area contributed by atoms with Crippen molar-refractivity contribution in [3.8, 4) is 0 Å². The summed E-state index contributed by atoms with van der Waals surface area (Å²) in [5, 5.41) is 5.71. The number of hydrazone groups is 1. The highest BCUT2D eigenvalue weighted by Gasteiger charge is 2.11. The van der Waals surface area contributed by atoms with E-state index < -0.39 is 5.82 Å². The number of hydrogen-bond donors (Lipinski definition) is 0. The minimum absolute atomic E-state index is 0.155. The van der Waals surface area contributed by atoms with E-state index in [0.717, 1.165) is 5.71 Å². The fourth-order valence-electron chi connectivity index (χ4n) is 1.63. The van der Waals surface area contributed by atoms with Gasteiger partial charge in [0.05, 0.1) is 18.7 Å². The van der Waals surface area contributed by atoms with Gasteiger partial charge in [0.25, 0.3) is 0 Å². The molecule has 0 aliphatic rings. The summed E-state index contributed by atoms with van der Waals surface area (Å²) >= 11 is 0. The first-order valence-corrected chi connectivity index (χ1v) is 6.69. The number of halogens is 1. The first-order valence-electron chi connectivity index (χ1n) is 6.69. The number of hydrogen-bond acceptors (Lipinski definition) is 5. The minimum atomic E-state index is -0.450. The van der Waals surface area contributed by atoms with E-state index in [0.29, 0.717) is 18.7 Å². The second kappa shape index (κ2) is 8.14. The molecule has 0 fully saturated rings. The smallest absolute Gasteiger partial charge is 0.306 e. The Labute approximate surface area is 124 Å². The molecule has 0 amide bonds. The normalized spacial score (nSPS) is 11.1. The zero-order chi connectivity index (χ0) is 15.8. The molecule has 1 rings (SSSR count). The summed E-state index contributed by atoms with van der Waals surface area (Å²) in [6.07, 6.45) is 2.23. The Kier molecular flexibility index (Phi) is 6.52. The van der Waals surface area contributed by atoms with Gasteiger partial charge in [0.2, 0.25) is 0 Å². The van der Waals surface area contributed by atoms with Crippen molar-refractivity contribution in [2.75, 3.05) is 13.7 Å². The van der Waals surface area contributed by atoms with Gasteiger partial charge < -0.3 is 4.74 Å². The zero-order valence-electron chi connectivity index (χ0n) is 12.6. The number of nitrogens with zero attached hydrogens (tertiary/aromatic N) is 3. The standard InChI is InChI=1S/C15H20FN3O2/c1-5-21-14(20)9-8-11(2)18-19(4)12(3)15-13(16)7-6-10-17-15/h6-7,10H,3,5,8-9H2,1-2,4H3/b18-11+. The Hall–Kier alpha value is -2.24. The maximum Gasteiger partial charge on any atom is 0.306 e. The first-order chi connectivity index (χ1) is 9.95. The molecule has 1 aromatic heterocycles. The number of rotatable bonds is 7. The number of carbonyl (C=O) groups excluding carboxylic acids is 1. The van der Waals surface area contributed by atoms with Crippen LogP contribution in [-0.4, -0.2) is 35.3 Å². The Bertz CT molecular complexity index is 543. The molecule has 5 nitrogen and oxygen atoms in total. The molecule has 21 heavy (non-hydrogen) atoms. The molecule has 0 radical (unpaired) electrons. The third kappa shape index (κ3) is 5.33. The molecular weight excluding hydrogens is 273 g/mol. The molecule has 0 aliphatic heterocycles. The molecule has 0 N–H and O–H groups in total. The summed E-state index contributed by atoms with van der Waals surface area (Å²) in [4.78, 5) is 15.2. The number of pyridine rings is 1. The molecule has 0 aromatic carbocycles. The van der Waals surface area contributed by atoms with Crippen LogP contribution in [-0.2, 0) is 9.53 Å². The molecule has 114 valence electrons. The van der Waals surface area contributed by atoms with E-state index in [1.54, 1.807) is 20.9 Å². The molecule has 0 atom stereocenters. The average molecular weight is 293 g/mol. The predicted molar refractivity (Wildman–Crippen MR) is 80.0 cm³/mol. The monoisotopic (exact) mass is 293 g/mol. The van der Waals surface area contributed by atoms with Crippen LogP contribution in [0, 0.1) is 5.82 Å². The van der Waals surface area contributed by atoms with Crippen molar-refractivity contribution in [1.29, 1.82) is 0 Å². The highest BCUT2D eigenvalue weighted by atomic mass is 19.1. The van der Waals surface area contributed by atoms with Crippen LogP contribution in [0.3, 0.4) is 0 Å². The van der Waals surface area contributed by atoms with Gasteiger partial charge in [-0.3, -0.25) is 14.8 Å². The van der Waals surface area contributed by atoms with E-state index in [-0.39, 0.29) is 18.1 Å². The van der Waals surface area contributed by atoms with Gasteiger partial charge in [-0.1, -0.05) is 6.58 Å². The molecule has 0 spiro atoms. The molecule has 0 saturated heterocycles. The predicted octanol–water partition coefficient (Wildman–Crippen LogP) is 2.84. The van der Waals surface area contributed by atoms with Crippen molar-refractivity contribution in [2.45, 2.75) is 26.7 Å². The highest BCUT2D eigenvalue weighted by Crippen LogP contribution is 2.17. The van der Waals surface area contributed by atoms with Gasteiger partial charge >= 0.3 is 5.97 Å². The van der Waals surface area contributed by atoms with E-state index in [1.807, 2.05) is 0 Å². The average Bonchev–Trinajstić information content (AvgIpc) is 2.45. The lowest BCUT2D eigenvalue weighted by Gasteiger charge is -2.17. The van der Waals surface area contributed by atoms with E-state index >= 15 is 0 Å². The summed E-state index contributed by atoms with van der Waals surface area (Å²) < 4.78 is 18.5. The number of ether oxygens (including phenoxy) is 1. The first kappa shape index (κ1) is 16.8. The van der Waals surface area contributed by atoms with Crippen LogP contribution in [0.1, 0.15) is 32.4 Å². The maximum absolute atomic E-state index is 13.6. The van der Waals surface area contributed by atoms with Gasteiger partial charge in [-0.05, 0) is 32.4 Å². The van der Waals surface area contributed by atoms with Crippen LogP contribution in [0.25, 0.3) is 5.70 Å². The quantitative estimate of drug-likeness (QED) is 0.441. The molecule has 0 unspecified atom stereocenters. The van der Waals surface area contributed by atoms with Gasteiger partial charge in [0.1, 0.15) is 5.69 Å². The van der Waals surface area contributed by atoms with E-state index in [9.17, 15) is 9.18 Å². The molecule has 0 aliphatic carbocycles. The molecule has 0 bridgehead atoms. The van der Waals surface area contributed by atoms with Crippen LogP contribution >= 0.6 is 0 Å². The second-order valence-corrected chi connectivity index (χ2v) is 4.44. The van der Waals surface area contributed by atoms with Gasteiger partial charge in [0.15, 0.2) is 5.82 Å². The summed E-state index contributed by atoms with van der Waals surface area (Å²) in [7, 11) is 1.66. The largest absolute Gasteiger partial charge is 0.466 e. The SMILES string of the molecule is C=C(c1ncccc1F)N(C)/N=C(\C)CCC(=O)OCC. The lowest BCUT2D eigenvalue weighted by molar-refractivity contribution is -0.142. The van der Waals surface area contributed by atoms with Crippen LogP contribution in [0.15, 0.2) is 30.0 Å². The molecule has 0 saturated carbocycles. The highest BCUT2D eigenvalue weighted by molar-refractivity contribution is 5.85. The lowest BCUT2D eigenvalue weighted by Crippen LogP contribution is -2.14. The van der Waals surface area contributed by atoms with E-state index in [4.69, 9.17) is 4.74 Å². The van der Waals surface area contributed by atoms with Crippen molar-refractivity contribution in [2.24, 2.45) is 5.10 Å². The van der Waals surface area contributed by atoms with Gasteiger partial charge in [-0.15, -0.1) is 0 Å². The summed E-state index contributed by atoms with van der Waals surface area (Å²) in [6.45, 7) is 7.71. The van der Waals surface area contributed by atoms with Crippen LogP contribution in [0.5, 0.6) is 0 Å². The third-order valence-corrected chi connectivity index (χ3v) is 2.74. The fraction of sp³-hybridized carbons (Fsp3) is 0.400. The van der Waals surface area contributed by atoms with E-state index in [1.165, 1.54) is 23.3 Å². The van der Waals surface area contributed by atoms with Gasteiger partial charge in [-0.25, -0.2) is 4.39 Å². The molecule has 6 heteroatoms. The minimum Gasteiger partial charge on any atom is -0.466 e. The van der Waals surface area contributed by atoms with Crippen LogP contribution in [0.4, 0.5) is 4.39 Å². The van der Waals surface area contributed by atoms with Crippen LogP contribution in [0.2, 0.25) is 0 Å². The molecule has 1 aromatic rings. The summed E-state index contributed by atoms with van der Waals surface area (Å²) in [6, 6.07) is 2.83. The molecule has 1 heterocycles. The fourth-order valence-corrected chi connectivity index (χ4v) is 1.63. The van der Waals surface area contributed by atoms with Crippen molar-refractivity contribution in [3.05, 3.63) is 36.4 Å². The number of aromatic nitrogens is 1. The van der Waals surface area contributed by atoms with Gasteiger partial charge in [0, 0.05) is 19.0 Å². The van der Waals surface area contributed by atoms with Crippen LogP contribution < -0.4 is 0 Å². The Morgan fingerprint density at radius 3 is 2.86 bits per heavy atom. The van der Waals surface area contributed by atoms with Crippen molar-refractivity contribution in [1.82, 2.24) is 9.99 Å². The zero-order valence-corrected chi connectivity index (χ0v) is 12.6. The Morgan fingerprint density at radius 1 is 1.52 bits per heavy atom. The van der Waals surface area contributed by atoms with Gasteiger partial charge in [-0.2, -0.15) is 5.10 Å². The lowest BCUT2D eigenvalue weighted by atomic mass is 10.2.